The van der Waals surface area contributed by atoms with Gasteiger partial charge in [0.2, 0.25) is 0 Å². The summed E-state index contributed by atoms with van der Waals surface area (Å²) in [4.78, 5) is 1.95. The summed E-state index contributed by atoms with van der Waals surface area (Å²) in [5.74, 6) is -0.672. The molecule has 2 saturated heterocycles. The lowest BCUT2D eigenvalue weighted by atomic mass is 10.1. The first kappa shape index (κ1) is 11.3. The fourth-order valence-corrected chi connectivity index (χ4v) is 2.32. The highest BCUT2D eigenvalue weighted by Gasteiger charge is 2.48. The maximum absolute atomic E-state index is 9.90. The van der Waals surface area contributed by atoms with Crippen LogP contribution in [0.15, 0.2) is 0 Å². The molecule has 0 bridgehead atoms. The fraction of sp³-hybridized carbons (Fsp3) is 1.00. The van der Waals surface area contributed by atoms with Crippen LogP contribution in [0.3, 0.4) is 0 Å². The van der Waals surface area contributed by atoms with Crippen LogP contribution in [0.4, 0.5) is 0 Å². The van der Waals surface area contributed by atoms with Gasteiger partial charge < -0.3 is 24.6 Å². The highest BCUT2D eigenvalue weighted by atomic mass is 16.8. The average molecular weight is 217 g/mol. The van der Waals surface area contributed by atoms with Crippen molar-refractivity contribution in [1.82, 2.24) is 4.90 Å². The Morgan fingerprint density at radius 1 is 1.20 bits per heavy atom. The van der Waals surface area contributed by atoms with Crippen LogP contribution in [0, 0.1) is 0 Å². The number of rotatable bonds is 0. The Morgan fingerprint density at radius 2 is 1.87 bits per heavy atom. The van der Waals surface area contributed by atoms with Gasteiger partial charge in [0, 0.05) is 13.1 Å². The van der Waals surface area contributed by atoms with Crippen LogP contribution in [0.5, 0.6) is 0 Å². The van der Waals surface area contributed by atoms with Gasteiger partial charge >= 0.3 is 0 Å². The number of nitrogens with zero attached hydrogens (tertiary/aromatic N) is 1. The molecule has 2 heterocycles. The summed E-state index contributed by atoms with van der Waals surface area (Å²) >= 11 is 0. The zero-order valence-corrected chi connectivity index (χ0v) is 9.38. The molecule has 0 aliphatic carbocycles. The molecule has 0 spiro atoms. The third-order valence-electron chi connectivity index (χ3n) is 2.94. The number of aliphatic hydroxyl groups is 2. The molecule has 0 amide bonds. The third-order valence-corrected chi connectivity index (χ3v) is 2.94. The van der Waals surface area contributed by atoms with Gasteiger partial charge in [0.15, 0.2) is 5.79 Å². The molecule has 0 unspecified atom stereocenters. The lowest BCUT2D eigenvalue weighted by Gasteiger charge is -2.24. The molecule has 0 saturated carbocycles. The molecule has 0 aromatic rings. The Balaban J connectivity index is 2.17. The topological polar surface area (TPSA) is 62.2 Å². The number of β-amino-alcohol motifs (C(OH)–C–C–N with tert-alkyl or cyclic N) is 1. The standard InChI is InChI=1S/C10H19NO4/c1-10(2)14-7-5-11(3)4-6(12)8(13)9(7)15-10/h6-9,12-13H,4-5H2,1-3H3/t6-,7-,8-,9-/m1/s1. The summed E-state index contributed by atoms with van der Waals surface area (Å²) in [6.07, 6.45) is -2.25. The van der Waals surface area contributed by atoms with Gasteiger partial charge in [-0.05, 0) is 20.9 Å². The number of aliphatic hydroxyl groups excluding tert-OH is 2. The monoisotopic (exact) mass is 217 g/mol. The minimum absolute atomic E-state index is 0.169. The molecule has 15 heavy (non-hydrogen) atoms. The highest BCUT2D eigenvalue weighted by Crippen LogP contribution is 2.32. The van der Waals surface area contributed by atoms with Crippen molar-refractivity contribution in [1.29, 1.82) is 0 Å². The molecule has 2 aliphatic rings. The van der Waals surface area contributed by atoms with Gasteiger partial charge in [-0.1, -0.05) is 0 Å². The number of likely N-dealkylation sites (N-methyl/N-ethyl adjacent to an activating group) is 1. The van der Waals surface area contributed by atoms with E-state index in [0.29, 0.717) is 13.1 Å². The molecule has 2 fully saturated rings. The van der Waals surface area contributed by atoms with E-state index >= 15 is 0 Å². The van der Waals surface area contributed by atoms with E-state index in [0.717, 1.165) is 0 Å². The van der Waals surface area contributed by atoms with Crippen LogP contribution in [0.2, 0.25) is 0 Å². The summed E-state index contributed by atoms with van der Waals surface area (Å²) in [6, 6.07) is 0. The molecule has 0 aromatic heterocycles. The molecule has 5 nitrogen and oxygen atoms in total. The van der Waals surface area contributed by atoms with Crippen molar-refractivity contribution < 1.29 is 19.7 Å². The molecule has 4 atom stereocenters. The van der Waals surface area contributed by atoms with Crippen molar-refractivity contribution in [3.05, 3.63) is 0 Å². The number of ether oxygens (including phenoxy) is 2. The minimum atomic E-state index is -0.873. The van der Waals surface area contributed by atoms with Crippen LogP contribution < -0.4 is 0 Å². The van der Waals surface area contributed by atoms with Crippen molar-refractivity contribution in [2.24, 2.45) is 0 Å². The molecule has 2 N–H and O–H groups in total. The van der Waals surface area contributed by atoms with E-state index in [9.17, 15) is 10.2 Å². The van der Waals surface area contributed by atoms with Crippen LogP contribution in [0.1, 0.15) is 13.8 Å². The zero-order chi connectivity index (χ0) is 11.2. The number of fused-ring (bicyclic) bond motifs is 1. The van der Waals surface area contributed by atoms with Gasteiger partial charge in [-0.25, -0.2) is 0 Å². The van der Waals surface area contributed by atoms with E-state index in [-0.39, 0.29) is 6.10 Å². The normalized spacial score (nSPS) is 46.2. The zero-order valence-electron chi connectivity index (χ0n) is 9.38. The van der Waals surface area contributed by atoms with E-state index in [1.807, 2.05) is 25.8 Å². The molecule has 0 aromatic carbocycles. The van der Waals surface area contributed by atoms with E-state index in [2.05, 4.69) is 0 Å². The van der Waals surface area contributed by atoms with E-state index in [1.54, 1.807) is 0 Å². The van der Waals surface area contributed by atoms with E-state index in [1.165, 1.54) is 0 Å². The summed E-state index contributed by atoms with van der Waals surface area (Å²) in [7, 11) is 1.90. The van der Waals surface area contributed by atoms with Gasteiger partial charge in [0.25, 0.3) is 0 Å². The van der Waals surface area contributed by atoms with Gasteiger partial charge in [0.1, 0.15) is 18.3 Å². The SMILES string of the molecule is CN1C[C@@H](O)[C@@H](O)[C@@H]2OC(C)(C)O[C@@H]2C1. The Hall–Kier alpha value is -0.200. The fourth-order valence-electron chi connectivity index (χ4n) is 2.32. The summed E-state index contributed by atoms with van der Waals surface area (Å²) < 4.78 is 11.3. The Labute approximate surface area is 89.6 Å². The molecular formula is C10H19NO4. The van der Waals surface area contributed by atoms with Crippen molar-refractivity contribution in [3.8, 4) is 0 Å². The lowest BCUT2D eigenvalue weighted by Crippen LogP contribution is -2.42. The van der Waals surface area contributed by atoms with Crippen molar-refractivity contribution in [2.45, 2.75) is 44.1 Å². The van der Waals surface area contributed by atoms with Gasteiger partial charge in [-0.3, -0.25) is 0 Å². The minimum Gasteiger partial charge on any atom is -0.389 e. The lowest BCUT2D eigenvalue weighted by molar-refractivity contribution is -0.166. The second-order valence-corrected chi connectivity index (χ2v) is 4.92. The van der Waals surface area contributed by atoms with Gasteiger partial charge in [0.05, 0.1) is 6.10 Å². The third kappa shape index (κ3) is 2.16. The van der Waals surface area contributed by atoms with Crippen LogP contribution >= 0.6 is 0 Å². The van der Waals surface area contributed by atoms with Gasteiger partial charge in [-0.15, -0.1) is 0 Å². The summed E-state index contributed by atoms with van der Waals surface area (Å²) in [6.45, 7) is 4.75. The molecule has 88 valence electrons. The van der Waals surface area contributed by atoms with E-state index < -0.39 is 24.1 Å². The summed E-state index contributed by atoms with van der Waals surface area (Å²) in [5, 5.41) is 19.6. The van der Waals surface area contributed by atoms with Crippen LogP contribution in [0.25, 0.3) is 0 Å². The number of hydrogen-bond donors (Lipinski definition) is 2. The first-order valence-corrected chi connectivity index (χ1v) is 5.29. The highest BCUT2D eigenvalue weighted by molar-refractivity contribution is 4.94. The largest absolute Gasteiger partial charge is 0.389 e. The number of likely N-dealkylation sites (tertiary alicyclic amines) is 1. The first-order chi connectivity index (χ1) is 6.89. The number of hydrogen-bond acceptors (Lipinski definition) is 5. The molecule has 2 rings (SSSR count). The maximum Gasteiger partial charge on any atom is 0.163 e. The first-order valence-electron chi connectivity index (χ1n) is 5.29. The molecule has 0 radical (unpaired) electrons. The average Bonchev–Trinajstić information content (AvgIpc) is 2.34. The molecule has 2 aliphatic heterocycles. The summed E-state index contributed by atoms with van der Waals surface area (Å²) in [5.41, 5.74) is 0. The maximum atomic E-state index is 9.90. The second-order valence-electron chi connectivity index (χ2n) is 4.92. The Morgan fingerprint density at radius 3 is 2.53 bits per heavy atom. The van der Waals surface area contributed by atoms with Gasteiger partial charge in [-0.2, -0.15) is 0 Å². The van der Waals surface area contributed by atoms with Crippen LogP contribution in [-0.2, 0) is 9.47 Å². The molecular weight excluding hydrogens is 198 g/mol. The van der Waals surface area contributed by atoms with Crippen LogP contribution in [-0.4, -0.2) is 65.5 Å². The van der Waals surface area contributed by atoms with E-state index in [4.69, 9.17) is 9.47 Å². The van der Waals surface area contributed by atoms with Crippen molar-refractivity contribution in [2.75, 3.05) is 20.1 Å². The molecule has 5 heteroatoms. The Bertz CT molecular complexity index is 246. The van der Waals surface area contributed by atoms with Crippen molar-refractivity contribution in [3.63, 3.8) is 0 Å². The van der Waals surface area contributed by atoms with Crippen molar-refractivity contribution >= 4 is 0 Å². The predicted octanol–water partition coefficient (Wildman–Crippen LogP) is -0.826. The predicted molar refractivity (Wildman–Crippen MR) is 53.3 cm³/mol. The second kappa shape index (κ2) is 3.68. The Kier molecular flexibility index (Phi) is 2.77. The smallest absolute Gasteiger partial charge is 0.163 e. The quantitative estimate of drug-likeness (QED) is 0.555.